The number of amides is 2. The van der Waals surface area contributed by atoms with Gasteiger partial charge in [-0.2, -0.15) is 10.5 Å². The van der Waals surface area contributed by atoms with Crippen molar-refractivity contribution in [1.82, 2.24) is 20.4 Å². The van der Waals surface area contributed by atoms with Crippen molar-refractivity contribution in [3.8, 4) is 58.0 Å². The van der Waals surface area contributed by atoms with Crippen molar-refractivity contribution in [1.29, 1.82) is 10.5 Å². The molecule has 0 spiro atoms. The van der Waals surface area contributed by atoms with Crippen LogP contribution in [0.2, 0.25) is 0 Å². The van der Waals surface area contributed by atoms with Gasteiger partial charge >= 0.3 is 0 Å². The van der Waals surface area contributed by atoms with E-state index in [2.05, 4.69) is 60.4 Å². The molecule has 0 bridgehead atoms. The summed E-state index contributed by atoms with van der Waals surface area (Å²) in [7, 11) is 0. The van der Waals surface area contributed by atoms with Crippen molar-refractivity contribution >= 4 is 34.6 Å². The van der Waals surface area contributed by atoms with Gasteiger partial charge in [-0.25, -0.2) is 8.78 Å². The van der Waals surface area contributed by atoms with Crippen molar-refractivity contribution in [2.24, 2.45) is 0 Å². The first-order valence-corrected chi connectivity index (χ1v) is 18.1. The molecule has 0 aliphatic carbocycles. The zero-order valence-corrected chi connectivity index (χ0v) is 31.0. The van der Waals surface area contributed by atoms with E-state index in [1.807, 2.05) is 30.3 Å². The number of carbonyl (C=O) groups is 2. The van der Waals surface area contributed by atoms with Gasteiger partial charge in [-0.3, -0.25) is 9.59 Å². The number of aromatic nitrogens is 4. The van der Waals surface area contributed by atoms with Crippen LogP contribution in [0, 0.1) is 22.7 Å². The monoisotopic (exact) mass is 780 g/mol. The molecule has 0 fully saturated rings. The zero-order valence-electron chi connectivity index (χ0n) is 31.0. The normalized spacial score (nSPS) is 13.3. The number of fused-ring (bicyclic) bond motifs is 2. The number of benzene rings is 4. The second-order valence-electron chi connectivity index (χ2n) is 13.4. The molecule has 14 nitrogen and oxygen atoms in total. The maximum absolute atomic E-state index is 13.1. The van der Waals surface area contributed by atoms with Crippen LogP contribution in [0.25, 0.3) is 45.8 Å². The van der Waals surface area contributed by atoms with Crippen LogP contribution in [-0.2, 0) is 22.4 Å². The lowest BCUT2D eigenvalue weighted by Gasteiger charge is -2.16. The third kappa shape index (κ3) is 8.87. The topological polar surface area (TPSA) is 208 Å². The number of nitriles is 2. The number of rotatable bonds is 10. The minimum absolute atomic E-state index is 0.00684. The van der Waals surface area contributed by atoms with E-state index in [4.69, 9.17) is 8.83 Å². The molecule has 0 saturated carbocycles. The molecule has 2 aromatic heterocycles. The minimum Gasteiger partial charge on any atom is -0.416 e. The van der Waals surface area contributed by atoms with Crippen molar-refractivity contribution in [3.63, 3.8) is 0 Å². The van der Waals surface area contributed by atoms with Crippen molar-refractivity contribution in [2.45, 2.75) is 38.8 Å². The molecule has 1 unspecified atom stereocenters. The fourth-order valence-electron chi connectivity index (χ4n) is 6.24. The molecule has 4 heterocycles. The van der Waals surface area contributed by atoms with Gasteiger partial charge in [-0.05, 0) is 104 Å². The summed E-state index contributed by atoms with van der Waals surface area (Å²) in [4.78, 5) is 23.0. The Balaban J connectivity index is 0.000000177. The summed E-state index contributed by atoms with van der Waals surface area (Å²) in [6, 6.07) is 25.3. The van der Waals surface area contributed by atoms with Crippen molar-refractivity contribution < 1.29 is 27.2 Å². The van der Waals surface area contributed by atoms with Crippen LogP contribution in [0.4, 0.5) is 31.5 Å². The molecule has 16 heteroatoms. The number of carbonyl (C=O) groups excluding carboxylic acids is 2. The molecule has 4 aromatic carbocycles. The molecule has 1 atom stereocenters. The Morgan fingerprint density at radius 1 is 0.707 bits per heavy atom. The SMILES string of the molecule is C=C(F)CNc1ccc(-c2nnc(-c3ccc4c(c3)CCC(=O)N4)o2)cc1C#N.CC(F)CNc1ccc(-c2nnc(-c3ccc4c(c3)CCC(=O)N4)o2)cc1C#N. The smallest absolute Gasteiger partial charge is 0.248 e. The maximum Gasteiger partial charge on any atom is 0.248 e. The van der Waals surface area contributed by atoms with Crippen LogP contribution in [0.5, 0.6) is 0 Å². The molecule has 2 aliphatic rings. The van der Waals surface area contributed by atoms with E-state index in [-0.39, 0.29) is 36.7 Å². The number of alkyl halides is 1. The number of nitrogens with zero attached hydrogens (tertiary/aromatic N) is 6. The number of nitrogens with one attached hydrogen (secondary N) is 4. The number of anilines is 4. The molecule has 58 heavy (non-hydrogen) atoms. The number of aryl methyl sites for hydroxylation is 2. The lowest BCUT2D eigenvalue weighted by molar-refractivity contribution is -0.117. The van der Waals surface area contributed by atoms with Crippen LogP contribution >= 0.6 is 0 Å². The minimum atomic E-state index is -1.02. The summed E-state index contributed by atoms with van der Waals surface area (Å²) in [5, 5.41) is 46.5. The highest BCUT2D eigenvalue weighted by atomic mass is 19.1. The summed E-state index contributed by atoms with van der Waals surface area (Å²) >= 11 is 0. The first-order chi connectivity index (χ1) is 28.1. The van der Waals surface area contributed by atoms with E-state index in [9.17, 15) is 28.9 Å². The van der Waals surface area contributed by atoms with Crippen LogP contribution in [0.1, 0.15) is 42.0 Å². The van der Waals surface area contributed by atoms with E-state index in [0.717, 1.165) is 33.6 Å². The second kappa shape index (κ2) is 17.0. The third-order valence-electron chi connectivity index (χ3n) is 9.16. The summed E-state index contributed by atoms with van der Waals surface area (Å²) in [5.41, 5.74) is 8.05. The summed E-state index contributed by atoms with van der Waals surface area (Å²) in [5.74, 6) is 0.742. The molecular weight excluding hydrogens is 747 g/mol. The predicted molar refractivity (Wildman–Crippen MR) is 211 cm³/mol. The summed E-state index contributed by atoms with van der Waals surface area (Å²) < 4.78 is 37.5. The highest BCUT2D eigenvalue weighted by Crippen LogP contribution is 2.33. The Bertz CT molecular complexity index is 2640. The average Bonchev–Trinajstić information content (AvgIpc) is 3.94. The first kappa shape index (κ1) is 38.6. The number of halogens is 2. The van der Waals surface area contributed by atoms with Crippen LogP contribution in [0.3, 0.4) is 0 Å². The zero-order chi connectivity index (χ0) is 40.8. The van der Waals surface area contributed by atoms with Crippen LogP contribution < -0.4 is 21.3 Å². The van der Waals surface area contributed by atoms with Gasteiger partial charge in [0.2, 0.25) is 35.4 Å². The second-order valence-corrected chi connectivity index (χ2v) is 13.4. The first-order valence-electron chi connectivity index (χ1n) is 18.1. The summed E-state index contributed by atoms with van der Waals surface area (Å²) in [6.45, 7) is 4.68. The fraction of sp³-hybridized carbons (Fsp3) is 0.190. The molecule has 2 aliphatic heterocycles. The van der Waals surface area contributed by atoms with E-state index >= 15 is 0 Å². The van der Waals surface area contributed by atoms with Gasteiger partial charge in [0.15, 0.2) is 0 Å². The van der Waals surface area contributed by atoms with Crippen molar-refractivity contribution in [3.05, 3.63) is 107 Å². The molecule has 4 N–H and O–H groups in total. The number of hydrogen-bond acceptors (Lipinski definition) is 12. The van der Waals surface area contributed by atoms with Gasteiger partial charge < -0.3 is 30.1 Å². The highest BCUT2D eigenvalue weighted by Gasteiger charge is 2.20. The lowest BCUT2D eigenvalue weighted by Crippen LogP contribution is -2.18. The van der Waals surface area contributed by atoms with Gasteiger partial charge in [0.05, 0.1) is 29.0 Å². The Hall–Kier alpha value is -7.72. The van der Waals surface area contributed by atoms with Crippen LogP contribution in [0.15, 0.2) is 94.0 Å². The highest BCUT2D eigenvalue weighted by molar-refractivity contribution is 5.95. The van der Waals surface area contributed by atoms with E-state index in [1.54, 1.807) is 42.5 Å². The Morgan fingerprint density at radius 2 is 1.12 bits per heavy atom. The fourth-order valence-corrected chi connectivity index (χ4v) is 6.24. The molecular formula is C42H34F2N10O4. The molecule has 6 aromatic rings. The Kier molecular flexibility index (Phi) is 11.3. The largest absolute Gasteiger partial charge is 0.416 e. The lowest BCUT2D eigenvalue weighted by atomic mass is 10.0. The van der Waals surface area contributed by atoms with Crippen LogP contribution in [-0.4, -0.2) is 51.5 Å². The molecule has 8 rings (SSSR count). The van der Waals surface area contributed by atoms with Gasteiger partial charge in [-0.15, -0.1) is 20.4 Å². The van der Waals surface area contributed by atoms with E-state index in [1.165, 1.54) is 6.92 Å². The van der Waals surface area contributed by atoms with Crippen molar-refractivity contribution in [2.75, 3.05) is 34.4 Å². The van der Waals surface area contributed by atoms with Gasteiger partial charge in [0.25, 0.3) is 0 Å². The quantitative estimate of drug-likeness (QED) is 0.104. The molecule has 0 saturated heterocycles. The van der Waals surface area contributed by atoms with Gasteiger partial charge in [0, 0.05) is 53.0 Å². The Labute approximate surface area is 330 Å². The maximum atomic E-state index is 13.1. The average molecular weight is 781 g/mol. The predicted octanol–water partition coefficient (Wildman–Crippen LogP) is 7.98. The molecule has 290 valence electrons. The molecule has 0 radical (unpaired) electrons. The third-order valence-corrected chi connectivity index (χ3v) is 9.16. The Morgan fingerprint density at radius 3 is 1.53 bits per heavy atom. The number of hydrogen-bond donors (Lipinski definition) is 4. The molecule has 2 amide bonds. The summed E-state index contributed by atoms with van der Waals surface area (Å²) in [6.07, 6.45) is 1.18. The van der Waals surface area contributed by atoms with E-state index < -0.39 is 12.0 Å². The van der Waals surface area contributed by atoms with Gasteiger partial charge in [0.1, 0.15) is 24.1 Å². The standard InChI is InChI=1S/C21H18FN5O2.C21H16FN5O2/c2*1-12(22)11-24-17-5-2-15(9-16(17)10-23)21-27-26-20(29-21)14-3-6-18-13(8-14)4-7-19(28)25-18/h2-3,5-6,8-9,12,24H,4,7,11H2,1H3,(H,25,28);2-3,5-6,8-9,24H,1,4,7,11H2,(H,25,28). The van der Waals surface area contributed by atoms with Gasteiger partial charge in [-0.1, -0.05) is 6.58 Å². The van der Waals surface area contributed by atoms with E-state index in [0.29, 0.717) is 71.1 Å².